The smallest absolute Gasteiger partial charge is 0.291 e. The van der Waals surface area contributed by atoms with Crippen LogP contribution in [0.5, 0.6) is 0 Å². The predicted octanol–water partition coefficient (Wildman–Crippen LogP) is 2.73. The molecule has 1 unspecified atom stereocenters. The van der Waals surface area contributed by atoms with E-state index < -0.39 is 10.0 Å². The molecule has 1 N–H and O–H groups in total. The molecule has 2 aromatic carbocycles. The number of carbonyl (C=O) groups excluding carboxylic acids is 1. The summed E-state index contributed by atoms with van der Waals surface area (Å²) in [5, 5.41) is 7.55. The molecule has 1 aromatic heterocycles. The molecule has 1 atom stereocenters. The minimum atomic E-state index is -3.73. The van der Waals surface area contributed by atoms with Crippen LogP contribution in [0.2, 0.25) is 0 Å². The van der Waals surface area contributed by atoms with Crippen molar-refractivity contribution in [1.82, 2.24) is 15.1 Å². The van der Waals surface area contributed by atoms with Gasteiger partial charge in [0.2, 0.25) is 16.9 Å². The van der Waals surface area contributed by atoms with Gasteiger partial charge >= 0.3 is 0 Å². The van der Waals surface area contributed by atoms with Crippen LogP contribution in [-0.4, -0.2) is 72.4 Å². The van der Waals surface area contributed by atoms with Gasteiger partial charge in [-0.05, 0) is 36.4 Å². The Bertz CT molecular complexity index is 1380. The zero-order chi connectivity index (χ0) is 24.6. The lowest BCUT2D eigenvalue weighted by Crippen LogP contribution is -2.52. The fraction of sp³-hybridized carbons (Fsp3) is 0.304. The number of fused-ring (bicyclic) bond motifs is 1. The van der Waals surface area contributed by atoms with E-state index in [1.807, 2.05) is 22.6 Å². The molecule has 3 aromatic rings. The highest BCUT2D eigenvalue weighted by Gasteiger charge is 2.35. The second kappa shape index (κ2) is 9.34. The van der Waals surface area contributed by atoms with Crippen molar-refractivity contribution in [1.29, 1.82) is 0 Å². The lowest BCUT2D eigenvalue weighted by atomic mass is 10.1. The Kier molecular flexibility index (Phi) is 6.24. The molecule has 5 rings (SSSR count). The minimum absolute atomic E-state index is 0. The van der Waals surface area contributed by atoms with Gasteiger partial charge in [-0.2, -0.15) is 4.58 Å². The third-order valence-electron chi connectivity index (χ3n) is 6.29. The van der Waals surface area contributed by atoms with Gasteiger partial charge < -0.3 is 9.80 Å². The molecular formula is C23H26FN6O3S2+. The third kappa shape index (κ3) is 4.76. The summed E-state index contributed by atoms with van der Waals surface area (Å²) >= 11 is 1.11. The van der Waals surface area contributed by atoms with Crippen molar-refractivity contribution < 1.29 is 23.6 Å². The number of rotatable bonds is 6. The molecule has 1 fully saturated rings. The van der Waals surface area contributed by atoms with Crippen LogP contribution < -0.4 is 9.62 Å². The molecule has 3 heterocycles. The maximum Gasteiger partial charge on any atom is 0.291 e. The van der Waals surface area contributed by atoms with E-state index in [2.05, 4.69) is 19.8 Å². The lowest BCUT2D eigenvalue weighted by Gasteiger charge is -2.36. The molecule has 12 heteroatoms. The summed E-state index contributed by atoms with van der Waals surface area (Å²) in [7, 11) is -3.73. The van der Waals surface area contributed by atoms with Crippen LogP contribution in [0.15, 0.2) is 52.9 Å². The second-order valence-electron chi connectivity index (χ2n) is 8.40. The number of halogens is 1. The first-order chi connectivity index (χ1) is 16.8. The first-order valence-corrected chi connectivity index (χ1v) is 13.5. The van der Waals surface area contributed by atoms with E-state index in [0.717, 1.165) is 28.3 Å². The number of amides is 1. The molecule has 0 bridgehead atoms. The number of anilines is 2. The lowest BCUT2D eigenvalue weighted by molar-refractivity contribution is -0.460. The van der Waals surface area contributed by atoms with Gasteiger partial charge in [-0.3, -0.25) is 9.52 Å². The van der Waals surface area contributed by atoms with Crippen LogP contribution in [0.3, 0.4) is 0 Å². The molecule has 1 amide bonds. The monoisotopic (exact) mass is 517 g/mol. The Morgan fingerprint density at radius 3 is 2.60 bits per heavy atom. The van der Waals surface area contributed by atoms with E-state index in [4.69, 9.17) is 0 Å². The fourth-order valence-corrected chi connectivity index (χ4v) is 6.12. The summed E-state index contributed by atoms with van der Waals surface area (Å²) in [4.78, 5) is 17.3. The molecule has 0 spiro atoms. The molecule has 9 nitrogen and oxygen atoms in total. The largest absolute Gasteiger partial charge is 0.368 e. The average Bonchev–Trinajstić information content (AvgIpc) is 3.52. The van der Waals surface area contributed by atoms with Crippen molar-refractivity contribution in [2.24, 2.45) is 0 Å². The predicted molar refractivity (Wildman–Crippen MR) is 134 cm³/mol. The molecule has 0 radical (unpaired) electrons. The molecular weight excluding hydrogens is 491 g/mol. The highest BCUT2D eigenvalue weighted by atomic mass is 32.2. The molecule has 1 saturated heterocycles. The molecule has 0 saturated carbocycles. The molecule has 2 aliphatic rings. The van der Waals surface area contributed by atoms with Gasteiger partial charge in [0.15, 0.2) is 6.21 Å². The summed E-state index contributed by atoms with van der Waals surface area (Å²) in [5.74, 6) is -0.241. The third-order valence-corrected chi connectivity index (χ3v) is 8.38. The van der Waals surface area contributed by atoms with Gasteiger partial charge in [0.1, 0.15) is 11.3 Å². The number of hydrogen-bond acceptors (Lipinski definition) is 7. The fourth-order valence-electron chi connectivity index (χ4n) is 4.43. The van der Waals surface area contributed by atoms with Gasteiger partial charge in [0.05, 0.1) is 11.3 Å². The summed E-state index contributed by atoms with van der Waals surface area (Å²) in [5.41, 5.74) is 4.11. The Morgan fingerprint density at radius 2 is 1.91 bits per heavy atom. The number of hydrogen-bond donors (Lipinski definition) is 1. The number of carbonyl (C=O) groups is 1. The van der Waals surface area contributed by atoms with Crippen LogP contribution in [0.4, 0.5) is 20.9 Å². The van der Waals surface area contributed by atoms with Crippen LogP contribution in [0.1, 0.15) is 13.9 Å². The van der Waals surface area contributed by atoms with Crippen LogP contribution in [-0.2, 0) is 21.2 Å². The van der Waals surface area contributed by atoms with Gasteiger partial charge in [-0.25, -0.2) is 12.8 Å². The summed E-state index contributed by atoms with van der Waals surface area (Å²) < 4.78 is 42.9. The van der Waals surface area contributed by atoms with Gasteiger partial charge in [0.25, 0.3) is 15.9 Å². The molecule has 2 aliphatic heterocycles. The standard InChI is InChI=1S/C23H24FN6O3S2.H2/c1-16(30-9-8-17-14-18(24)2-7-21(17)30)22(31)29-12-10-28(11-13-29)19-3-5-20(6-4-19)35(32,33)27-23-26-25-15-34-23;/h2-7,9,14-16H,8,10-13H2,1H3,(H,26,27);1H/q+1;. The van der Waals surface area contributed by atoms with Crippen LogP contribution in [0.25, 0.3) is 0 Å². The number of sulfonamides is 1. The zero-order valence-electron chi connectivity index (χ0n) is 19.0. The van der Waals surface area contributed by atoms with Crippen molar-refractivity contribution in [2.45, 2.75) is 24.3 Å². The molecule has 35 heavy (non-hydrogen) atoms. The number of piperazine rings is 1. The van der Waals surface area contributed by atoms with E-state index in [1.54, 1.807) is 30.3 Å². The number of aromatic nitrogens is 2. The van der Waals surface area contributed by atoms with Crippen molar-refractivity contribution >= 4 is 50.0 Å². The zero-order valence-corrected chi connectivity index (χ0v) is 20.6. The van der Waals surface area contributed by atoms with E-state index in [9.17, 15) is 17.6 Å². The first-order valence-electron chi connectivity index (χ1n) is 11.1. The Labute approximate surface area is 208 Å². The molecule has 184 valence electrons. The summed E-state index contributed by atoms with van der Waals surface area (Å²) in [6.45, 7) is 4.27. The topological polar surface area (TPSA) is 98.5 Å². The normalized spacial score (nSPS) is 16.6. The summed E-state index contributed by atoms with van der Waals surface area (Å²) in [6.07, 6.45) is 2.55. The van der Waals surface area contributed by atoms with Gasteiger partial charge in [0, 0.05) is 51.8 Å². The highest BCUT2D eigenvalue weighted by Crippen LogP contribution is 2.27. The average molecular weight is 518 g/mol. The highest BCUT2D eigenvalue weighted by molar-refractivity contribution is 7.93. The summed E-state index contributed by atoms with van der Waals surface area (Å²) in [6, 6.07) is 10.9. The maximum absolute atomic E-state index is 13.5. The number of nitrogens with one attached hydrogen (secondary N) is 1. The van der Waals surface area contributed by atoms with Crippen LogP contribution in [0, 0.1) is 5.82 Å². The van der Waals surface area contributed by atoms with E-state index >= 15 is 0 Å². The van der Waals surface area contributed by atoms with Gasteiger partial charge in [-0.1, -0.05) is 11.3 Å². The van der Waals surface area contributed by atoms with E-state index in [0.29, 0.717) is 32.6 Å². The maximum atomic E-state index is 13.5. The molecule has 0 aliphatic carbocycles. The van der Waals surface area contributed by atoms with E-state index in [1.165, 1.54) is 17.6 Å². The van der Waals surface area contributed by atoms with Crippen molar-refractivity contribution in [3.8, 4) is 0 Å². The van der Waals surface area contributed by atoms with Crippen molar-refractivity contribution in [3.05, 3.63) is 59.4 Å². The Morgan fingerprint density at radius 1 is 1.17 bits per heavy atom. The minimum Gasteiger partial charge on any atom is -0.368 e. The number of nitrogens with zero attached hydrogens (tertiary/aromatic N) is 5. The number of benzene rings is 2. The Hall–Kier alpha value is -3.38. The van der Waals surface area contributed by atoms with Gasteiger partial charge in [-0.15, -0.1) is 10.2 Å². The Balaban J connectivity index is 0.00000304. The van der Waals surface area contributed by atoms with E-state index in [-0.39, 0.29) is 29.2 Å². The van der Waals surface area contributed by atoms with Crippen molar-refractivity contribution in [3.63, 3.8) is 0 Å². The van der Waals surface area contributed by atoms with Crippen molar-refractivity contribution in [2.75, 3.05) is 35.8 Å². The first kappa shape index (κ1) is 23.4. The second-order valence-corrected chi connectivity index (χ2v) is 10.9. The SMILES string of the molecule is CC(C(=O)N1CCN(c2ccc(S(=O)(=O)Nc3nncs3)cc2)CC1)[N+]1=CCc2cc(F)ccc21.[HH]. The quantitative estimate of drug-likeness (QED) is 0.505. The van der Waals surface area contributed by atoms with Crippen LogP contribution >= 0.6 is 11.3 Å².